The topological polar surface area (TPSA) is 79.2 Å². The van der Waals surface area contributed by atoms with Crippen molar-refractivity contribution >= 4 is 5.91 Å². The minimum absolute atomic E-state index is 0.0851. The van der Waals surface area contributed by atoms with Crippen LogP contribution in [0.3, 0.4) is 0 Å². The highest BCUT2D eigenvalue weighted by Gasteiger charge is 2.28. The first-order valence-electron chi connectivity index (χ1n) is 6.25. The lowest BCUT2D eigenvalue weighted by atomic mass is 9.98. The summed E-state index contributed by atoms with van der Waals surface area (Å²) in [5.41, 5.74) is 6.61. The van der Waals surface area contributed by atoms with E-state index in [1.807, 2.05) is 6.92 Å². The first-order valence-corrected chi connectivity index (χ1v) is 6.25. The van der Waals surface area contributed by atoms with Crippen LogP contribution in [-0.4, -0.2) is 34.4 Å². The SMILES string of the molecule is Cc1cc(=O)c(C(=O)N2CCC(N)CC2C)c[nH]1. The van der Waals surface area contributed by atoms with Gasteiger partial charge < -0.3 is 15.6 Å². The summed E-state index contributed by atoms with van der Waals surface area (Å²) in [7, 11) is 0. The van der Waals surface area contributed by atoms with E-state index in [0.717, 1.165) is 18.5 Å². The molecule has 2 rings (SSSR count). The lowest BCUT2D eigenvalue weighted by Gasteiger charge is -2.36. The number of H-pyrrole nitrogens is 1. The number of aromatic nitrogens is 1. The number of piperidine rings is 1. The normalized spacial score (nSPS) is 24.1. The summed E-state index contributed by atoms with van der Waals surface area (Å²) >= 11 is 0. The number of rotatable bonds is 1. The second kappa shape index (κ2) is 4.94. The van der Waals surface area contributed by atoms with Gasteiger partial charge in [0.2, 0.25) is 0 Å². The molecule has 1 aromatic heterocycles. The number of nitrogens with one attached hydrogen (secondary N) is 1. The summed E-state index contributed by atoms with van der Waals surface area (Å²) in [4.78, 5) is 28.8. The van der Waals surface area contributed by atoms with E-state index in [9.17, 15) is 9.59 Å². The van der Waals surface area contributed by atoms with Crippen molar-refractivity contribution in [1.29, 1.82) is 0 Å². The summed E-state index contributed by atoms with van der Waals surface area (Å²) in [6, 6.07) is 1.69. The van der Waals surface area contributed by atoms with Gasteiger partial charge in [-0.3, -0.25) is 9.59 Å². The zero-order valence-electron chi connectivity index (χ0n) is 10.8. The van der Waals surface area contributed by atoms with Gasteiger partial charge in [0, 0.05) is 36.6 Å². The van der Waals surface area contributed by atoms with Gasteiger partial charge in [-0.1, -0.05) is 0 Å². The molecule has 1 aliphatic rings. The zero-order valence-corrected chi connectivity index (χ0v) is 10.8. The molecule has 2 unspecified atom stereocenters. The molecule has 98 valence electrons. The van der Waals surface area contributed by atoms with Crippen LogP contribution in [0.1, 0.15) is 35.8 Å². The number of aromatic amines is 1. The van der Waals surface area contributed by atoms with E-state index < -0.39 is 0 Å². The van der Waals surface area contributed by atoms with E-state index in [2.05, 4.69) is 4.98 Å². The average Bonchev–Trinajstić information content (AvgIpc) is 2.28. The van der Waals surface area contributed by atoms with Crippen LogP contribution < -0.4 is 11.2 Å². The number of pyridine rings is 1. The van der Waals surface area contributed by atoms with Crippen LogP contribution in [0, 0.1) is 6.92 Å². The molecule has 1 aromatic rings. The third kappa shape index (κ3) is 2.46. The van der Waals surface area contributed by atoms with Gasteiger partial charge in [-0.2, -0.15) is 0 Å². The highest BCUT2D eigenvalue weighted by atomic mass is 16.2. The Morgan fingerprint density at radius 2 is 2.28 bits per heavy atom. The van der Waals surface area contributed by atoms with Gasteiger partial charge in [0.1, 0.15) is 5.56 Å². The summed E-state index contributed by atoms with van der Waals surface area (Å²) in [6.45, 7) is 4.38. The number of likely N-dealkylation sites (tertiary alicyclic amines) is 1. The Hall–Kier alpha value is -1.62. The molecular formula is C13H19N3O2. The standard InChI is InChI=1S/C13H19N3O2/c1-8-5-12(17)11(7-15-8)13(18)16-4-3-10(14)6-9(16)2/h5,7,9-10H,3-4,6,14H2,1-2H3,(H,15,17). The van der Waals surface area contributed by atoms with Crippen LogP contribution in [0.4, 0.5) is 0 Å². The first-order chi connectivity index (χ1) is 8.49. The predicted octanol–water partition coefficient (Wildman–Crippen LogP) is 0.635. The molecule has 5 heteroatoms. The molecule has 2 heterocycles. The summed E-state index contributed by atoms with van der Waals surface area (Å²) in [6.07, 6.45) is 3.08. The molecule has 1 aliphatic heterocycles. The van der Waals surface area contributed by atoms with Crippen LogP contribution in [0.5, 0.6) is 0 Å². The highest BCUT2D eigenvalue weighted by Crippen LogP contribution is 2.17. The molecule has 0 aromatic carbocycles. The summed E-state index contributed by atoms with van der Waals surface area (Å²) in [5.74, 6) is -0.198. The first kappa shape index (κ1) is 12.8. The molecule has 1 saturated heterocycles. The van der Waals surface area contributed by atoms with Crippen molar-refractivity contribution in [3.05, 3.63) is 33.7 Å². The average molecular weight is 249 g/mol. The number of hydrogen-bond donors (Lipinski definition) is 2. The van der Waals surface area contributed by atoms with Gasteiger partial charge in [-0.05, 0) is 26.7 Å². The molecule has 5 nitrogen and oxygen atoms in total. The van der Waals surface area contributed by atoms with Gasteiger partial charge in [-0.25, -0.2) is 0 Å². The van der Waals surface area contributed by atoms with Crippen molar-refractivity contribution in [2.24, 2.45) is 5.73 Å². The van der Waals surface area contributed by atoms with Gasteiger partial charge >= 0.3 is 0 Å². The van der Waals surface area contributed by atoms with E-state index in [-0.39, 0.29) is 29.0 Å². The number of nitrogens with two attached hydrogens (primary N) is 1. The molecule has 2 atom stereocenters. The third-order valence-electron chi connectivity index (χ3n) is 3.47. The predicted molar refractivity (Wildman–Crippen MR) is 69.5 cm³/mol. The van der Waals surface area contributed by atoms with E-state index in [0.29, 0.717) is 6.54 Å². The molecule has 0 saturated carbocycles. The van der Waals surface area contributed by atoms with Gasteiger partial charge in [-0.15, -0.1) is 0 Å². The summed E-state index contributed by atoms with van der Waals surface area (Å²) in [5, 5.41) is 0. The quantitative estimate of drug-likeness (QED) is 0.766. The van der Waals surface area contributed by atoms with E-state index in [1.54, 1.807) is 11.8 Å². The van der Waals surface area contributed by atoms with E-state index >= 15 is 0 Å². The number of carbonyl (C=O) groups is 1. The van der Waals surface area contributed by atoms with Crippen LogP contribution in [0.2, 0.25) is 0 Å². The molecule has 1 amide bonds. The third-order valence-corrected chi connectivity index (χ3v) is 3.47. The second-order valence-corrected chi connectivity index (χ2v) is 5.03. The molecule has 3 N–H and O–H groups in total. The Labute approximate surface area is 106 Å². The van der Waals surface area contributed by atoms with Crippen molar-refractivity contribution in [1.82, 2.24) is 9.88 Å². The van der Waals surface area contributed by atoms with E-state index in [4.69, 9.17) is 5.73 Å². The minimum atomic E-state index is -0.224. The van der Waals surface area contributed by atoms with E-state index in [1.165, 1.54) is 12.3 Å². The smallest absolute Gasteiger partial charge is 0.259 e. The lowest BCUT2D eigenvalue weighted by molar-refractivity contribution is 0.0617. The Morgan fingerprint density at radius 3 is 2.89 bits per heavy atom. The molecular weight excluding hydrogens is 230 g/mol. The maximum absolute atomic E-state index is 12.3. The molecule has 1 fully saturated rings. The Kier molecular flexibility index (Phi) is 3.52. The molecule has 0 spiro atoms. The maximum atomic E-state index is 12.3. The van der Waals surface area contributed by atoms with Crippen molar-refractivity contribution in [2.45, 2.75) is 38.8 Å². The van der Waals surface area contributed by atoms with Crippen LogP contribution in [0.15, 0.2) is 17.1 Å². The number of carbonyl (C=O) groups excluding carboxylic acids is 1. The fourth-order valence-electron chi connectivity index (χ4n) is 2.41. The number of nitrogens with zero attached hydrogens (tertiary/aromatic N) is 1. The molecule has 18 heavy (non-hydrogen) atoms. The van der Waals surface area contributed by atoms with Gasteiger partial charge in [0.15, 0.2) is 5.43 Å². The van der Waals surface area contributed by atoms with Crippen LogP contribution >= 0.6 is 0 Å². The second-order valence-electron chi connectivity index (χ2n) is 5.03. The van der Waals surface area contributed by atoms with Crippen molar-refractivity contribution < 1.29 is 4.79 Å². The molecule has 0 radical (unpaired) electrons. The fourth-order valence-corrected chi connectivity index (χ4v) is 2.41. The number of aryl methyl sites for hydroxylation is 1. The van der Waals surface area contributed by atoms with Crippen molar-refractivity contribution in [3.8, 4) is 0 Å². The van der Waals surface area contributed by atoms with Crippen LogP contribution in [-0.2, 0) is 0 Å². The fraction of sp³-hybridized carbons (Fsp3) is 0.538. The Morgan fingerprint density at radius 1 is 1.56 bits per heavy atom. The van der Waals surface area contributed by atoms with Crippen molar-refractivity contribution in [2.75, 3.05) is 6.54 Å². The molecule has 0 aliphatic carbocycles. The zero-order chi connectivity index (χ0) is 13.3. The maximum Gasteiger partial charge on any atom is 0.259 e. The number of amides is 1. The highest BCUT2D eigenvalue weighted by molar-refractivity contribution is 5.94. The van der Waals surface area contributed by atoms with Gasteiger partial charge in [0.25, 0.3) is 5.91 Å². The Bertz CT molecular complexity index is 509. The lowest BCUT2D eigenvalue weighted by Crippen LogP contribution is -2.49. The molecule has 0 bridgehead atoms. The minimum Gasteiger partial charge on any atom is -0.364 e. The Balaban J connectivity index is 2.23. The summed E-state index contributed by atoms with van der Waals surface area (Å²) < 4.78 is 0. The number of hydrogen-bond acceptors (Lipinski definition) is 3. The van der Waals surface area contributed by atoms with Crippen molar-refractivity contribution in [3.63, 3.8) is 0 Å². The largest absolute Gasteiger partial charge is 0.364 e. The van der Waals surface area contributed by atoms with Crippen LogP contribution in [0.25, 0.3) is 0 Å². The van der Waals surface area contributed by atoms with Gasteiger partial charge in [0.05, 0.1) is 0 Å². The monoisotopic (exact) mass is 249 g/mol.